The van der Waals surface area contributed by atoms with Crippen molar-refractivity contribution >= 4 is 11.8 Å². The highest BCUT2D eigenvalue weighted by Gasteiger charge is 2.43. The molecule has 1 heterocycles. The van der Waals surface area contributed by atoms with Gasteiger partial charge in [-0.25, -0.2) is 4.39 Å². The first-order valence-electron chi connectivity index (χ1n) is 7.70. The number of hydrogen-bond donors (Lipinski definition) is 0. The van der Waals surface area contributed by atoms with Crippen LogP contribution < -0.4 is 0 Å². The highest BCUT2D eigenvalue weighted by molar-refractivity contribution is 6.21. The van der Waals surface area contributed by atoms with Gasteiger partial charge in [-0.15, -0.1) is 0 Å². The largest absolute Gasteiger partial charge is 0.374 e. The zero-order chi connectivity index (χ0) is 17.3. The Balaban J connectivity index is 1.68. The Morgan fingerprint density at radius 1 is 0.958 bits per heavy atom. The molecule has 2 aromatic rings. The monoisotopic (exact) mass is 327 g/mol. The highest BCUT2D eigenvalue weighted by atomic mass is 19.1. The summed E-state index contributed by atoms with van der Waals surface area (Å²) in [6, 6.07) is 12.8. The van der Waals surface area contributed by atoms with E-state index in [4.69, 9.17) is 4.74 Å². The Morgan fingerprint density at radius 3 is 2.04 bits per heavy atom. The van der Waals surface area contributed by atoms with Crippen molar-refractivity contribution in [2.45, 2.75) is 26.0 Å². The fourth-order valence-corrected chi connectivity index (χ4v) is 2.80. The standard InChI is InChI=1S/C19H18FNO3/c1-19(2,12-24-11-13-7-9-14(20)10-8-13)21-17(22)15-5-3-4-6-16(15)18(21)23/h3-10H,11-12H2,1-2H3. The van der Waals surface area contributed by atoms with Gasteiger partial charge < -0.3 is 4.74 Å². The molecule has 0 fully saturated rings. The number of carbonyl (C=O) groups is 2. The lowest BCUT2D eigenvalue weighted by molar-refractivity contribution is 0.0118. The molecule has 0 N–H and O–H groups in total. The molecule has 3 rings (SSSR count). The molecule has 0 atom stereocenters. The molecular weight excluding hydrogens is 309 g/mol. The second-order valence-corrected chi connectivity index (χ2v) is 6.42. The van der Waals surface area contributed by atoms with Gasteiger partial charge in [-0.2, -0.15) is 0 Å². The second kappa shape index (κ2) is 6.17. The molecule has 0 aliphatic carbocycles. The minimum absolute atomic E-state index is 0.190. The van der Waals surface area contributed by atoms with E-state index in [2.05, 4.69) is 0 Å². The van der Waals surface area contributed by atoms with Gasteiger partial charge in [0.25, 0.3) is 11.8 Å². The van der Waals surface area contributed by atoms with Crippen molar-refractivity contribution in [1.82, 2.24) is 4.90 Å². The quantitative estimate of drug-likeness (QED) is 0.791. The third-order valence-electron chi connectivity index (χ3n) is 4.04. The summed E-state index contributed by atoms with van der Waals surface area (Å²) in [4.78, 5) is 26.3. The minimum atomic E-state index is -0.785. The molecule has 1 aliphatic rings. The zero-order valence-electron chi connectivity index (χ0n) is 13.6. The van der Waals surface area contributed by atoms with Crippen molar-refractivity contribution in [3.8, 4) is 0 Å². The maximum atomic E-state index is 12.9. The number of imide groups is 1. The summed E-state index contributed by atoms with van der Waals surface area (Å²) in [5, 5.41) is 0. The van der Waals surface area contributed by atoms with Gasteiger partial charge in [0, 0.05) is 0 Å². The predicted octanol–water partition coefficient (Wildman–Crippen LogP) is 3.42. The van der Waals surface area contributed by atoms with Crippen molar-refractivity contribution in [2.24, 2.45) is 0 Å². The first-order valence-corrected chi connectivity index (χ1v) is 7.70. The summed E-state index contributed by atoms with van der Waals surface area (Å²) < 4.78 is 18.6. The lowest BCUT2D eigenvalue weighted by Gasteiger charge is -2.33. The van der Waals surface area contributed by atoms with Gasteiger partial charge in [0.1, 0.15) is 5.82 Å². The molecular formula is C19H18FNO3. The van der Waals surface area contributed by atoms with Gasteiger partial charge in [-0.1, -0.05) is 24.3 Å². The van der Waals surface area contributed by atoms with E-state index in [1.165, 1.54) is 17.0 Å². The van der Waals surface area contributed by atoms with Crippen LogP contribution in [0.4, 0.5) is 4.39 Å². The average molecular weight is 327 g/mol. The number of carbonyl (C=O) groups excluding carboxylic acids is 2. The average Bonchev–Trinajstić information content (AvgIpc) is 2.82. The van der Waals surface area contributed by atoms with Crippen LogP contribution in [0.5, 0.6) is 0 Å². The molecule has 0 spiro atoms. The summed E-state index contributed by atoms with van der Waals surface area (Å²) in [6.07, 6.45) is 0. The van der Waals surface area contributed by atoms with Gasteiger partial charge in [-0.05, 0) is 43.7 Å². The van der Waals surface area contributed by atoms with Crippen molar-refractivity contribution in [3.05, 3.63) is 71.0 Å². The van der Waals surface area contributed by atoms with E-state index in [1.54, 1.807) is 50.2 Å². The molecule has 0 radical (unpaired) electrons. The van der Waals surface area contributed by atoms with E-state index in [0.29, 0.717) is 11.1 Å². The van der Waals surface area contributed by atoms with Crippen LogP contribution in [-0.2, 0) is 11.3 Å². The van der Waals surface area contributed by atoms with Crippen LogP contribution in [0.1, 0.15) is 40.1 Å². The molecule has 0 bridgehead atoms. The molecule has 4 nitrogen and oxygen atoms in total. The van der Waals surface area contributed by atoms with Crippen LogP contribution in [0.2, 0.25) is 0 Å². The van der Waals surface area contributed by atoms with Crippen LogP contribution in [0.15, 0.2) is 48.5 Å². The van der Waals surface area contributed by atoms with Crippen LogP contribution in [0.25, 0.3) is 0 Å². The summed E-state index contributed by atoms with van der Waals surface area (Å²) in [5.41, 5.74) is 0.894. The molecule has 124 valence electrons. The first-order chi connectivity index (χ1) is 11.4. The zero-order valence-corrected chi connectivity index (χ0v) is 13.6. The summed E-state index contributed by atoms with van der Waals surface area (Å²) in [6.45, 7) is 4.06. The maximum Gasteiger partial charge on any atom is 0.262 e. The molecule has 5 heteroatoms. The smallest absolute Gasteiger partial charge is 0.262 e. The first kappa shape index (κ1) is 16.3. The van der Waals surface area contributed by atoms with E-state index in [9.17, 15) is 14.0 Å². The topological polar surface area (TPSA) is 46.6 Å². The van der Waals surface area contributed by atoms with Crippen molar-refractivity contribution in [3.63, 3.8) is 0 Å². The second-order valence-electron chi connectivity index (χ2n) is 6.42. The Morgan fingerprint density at radius 2 is 1.50 bits per heavy atom. The van der Waals surface area contributed by atoms with Gasteiger partial charge in [0.05, 0.1) is 29.9 Å². The Hall–Kier alpha value is -2.53. The maximum absolute atomic E-state index is 12.9. The van der Waals surface area contributed by atoms with E-state index in [1.807, 2.05) is 0 Å². The highest BCUT2D eigenvalue weighted by Crippen LogP contribution is 2.29. The number of hydrogen-bond acceptors (Lipinski definition) is 3. The number of ether oxygens (including phenoxy) is 1. The molecule has 2 amide bonds. The SMILES string of the molecule is CC(C)(COCc1ccc(F)cc1)N1C(=O)c2ccccc2C1=O. The fraction of sp³-hybridized carbons (Fsp3) is 0.263. The number of fused-ring (bicyclic) bond motifs is 1. The lowest BCUT2D eigenvalue weighted by atomic mass is 10.0. The van der Waals surface area contributed by atoms with Gasteiger partial charge in [0.15, 0.2) is 0 Å². The van der Waals surface area contributed by atoms with Crippen LogP contribution >= 0.6 is 0 Å². The Kier molecular flexibility index (Phi) is 4.20. The van der Waals surface area contributed by atoms with Crippen molar-refractivity contribution < 1.29 is 18.7 Å². The van der Waals surface area contributed by atoms with Crippen molar-refractivity contribution in [2.75, 3.05) is 6.61 Å². The number of amides is 2. The molecule has 1 aliphatic heterocycles. The number of benzene rings is 2. The number of halogens is 1. The van der Waals surface area contributed by atoms with E-state index in [0.717, 1.165) is 5.56 Å². The van der Waals surface area contributed by atoms with Crippen LogP contribution in [0.3, 0.4) is 0 Å². The Labute approximate surface area is 139 Å². The predicted molar refractivity (Wildman–Crippen MR) is 87.1 cm³/mol. The summed E-state index contributed by atoms with van der Waals surface area (Å²) in [7, 11) is 0. The number of nitrogens with zero attached hydrogens (tertiary/aromatic N) is 1. The molecule has 0 unspecified atom stereocenters. The van der Waals surface area contributed by atoms with E-state index >= 15 is 0 Å². The van der Waals surface area contributed by atoms with E-state index in [-0.39, 0.29) is 30.8 Å². The van der Waals surface area contributed by atoms with Crippen molar-refractivity contribution in [1.29, 1.82) is 0 Å². The normalized spacial score (nSPS) is 14.2. The van der Waals surface area contributed by atoms with Gasteiger partial charge in [-0.3, -0.25) is 14.5 Å². The lowest BCUT2D eigenvalue weighted by Crippen LogP contribution is -2.50. The van der Waals surface area contributed by atoms with E-state index < -0.39 is 5.54 Å². The molecule has 2 aromatic carbocycles. The molecule has 0 saturated carbocycles. The minimum Gasteiger partial charge on any atom is -0.374 e. The molecule has 0 saturated heterocycles. The van der Waals surface area contributed by atoms with Gasteiger partial charge >= 0.3 is 0 Å². The van der Waals surface area contributed by atoms with Gasteiger partial charge in [0.2, 0.25) is 0 Å². The fourth-order valence-electron chi connectivity index (χ4n) is 2.80. The summed E-state index contributed by atoms with van der Waals surface area (Å²) in [5.74, 6) is -0.901. The Bertz CT molecular complexity index is 748. The van der Waals surface area contributed by atoms with Crippen LogP contribution in [-0.4, -0.2) is 28.9 Å². The molecule has 0 aromatic heterocycles. The third-order valence-corrected chi connectivity index (χ3v) is 4.04. The molecule has 24 heavy (non-hydrogen) atoms. The number of rotatable bonds is 5. The third kappa shape index (κ3) is 2.95. The summed E-state index contributed by atoms with van der Waals surface area (Å²) >= 11 is 0. The van der Waals surface area contributed by atoms with Crippen LogP contribution in [0, 0.1) is 5.82 Å².